The van der Waals surface area contributed by atoms with Crippen LogP contribution in [0.25, 0.3) is 33.0 Å². The minimum atomic E-state index is -0.0960. The molecule has 0 unspecified atom stereocenters. The second-order valence-electron chi connectivity index (χ2n) is 6.84. The Morgan fingerprint density at radius 2 is 1.86 bits per heavy atom. The highest BCUT2D eigenvalue weighted by atomic mass is 32.1. The van der Waals surface area contributed by atoms with Crippen LogP contribution in [0, 0.1) is 0 Å². The van der Waals surface area contributed by atoms with Crippen molar-refractivity contribution in [3.05, 3.63) is 76.0 Å². The first-order valence-corrected chi connectivity index (χ1v) is 10.2. The van der Waals surface area contributed by atoms with Gasteiger partial charge in [-0.2, -0.15) is 0 Å². The molecule has 0 amide bonds. The van der Waals surface area contributed by atoms with Gasteiger partial charge in [-0.3, -0.25) is 19.6 Å². The van der Waals surface area contributed by atoms with Crippen molar-refractivity contribution in [3.63, 3.8) is 0 Å². The molecule has 1 aliphatic heterocycles. The molecule has 0 saturated carbocycles. The second-order valence-corrected chi connectivity index (χ2v) is 7.70. The standard InChI is InChI=1S/C22H16N4O2S/c27-12-16-13-29-21(25-16)18-10-17(15-3-6-23-7-4-15)20-19-11-24-8-5-14(19)2-1-9-26(20)22(18)28/h3-8,10-13H,1-2,9H2. The predicted molar refractivity (Wildman–Crippen MR) is 112 cm³/mol. The molecule has 6 nitrogen and oxygen atoms in total. The predicted octanol–water partition coefficient (Wildman–Crippen LogP) is 3.85. The lowest BCUT2D eigenvalue weighted by molar-refractivity contribution is 0.111. The molecule has 4 aromatic rings. The number of carbonyl (C=O) groups is 1. The van der Waals surface area contributed by atoms with Crippen molar-refractivity contribution in [2.24, 2.45) is 0 Å². The summed E-state index contributed by atoms with van der Waals surface area (Å²) in [7, 11) is 0. The molecular formula is C22H16N4O2S. The first kappa shape index (κ1) is 17.6. The maximum atomic E-state index is 13.5. The maximum absolute atomic E-state index is 13.5. The van der Waals surface area contributed by atoms with E-state index in [0.717, 1.165) is 35.2 Å². The summed E-state index contributed by atoms with van der Waals surface area (Å²) in [5.41, 5.74) is 5.68. The van der Waals surface area contributed by atoms with Gasteiger partial charge in [0.15, 0.2) is 6.29 Å². The molecule has 0 atom stereocenters. The number of nitrogens with zero attached hydrogens (tertiary/aromatic N) is 4. The number of aryl methyl sites for hydroxylation is 1. The van der Waals surface area contributed by atoms with Gasteiger partial charge in [0.25, 0.3) is 5.56 Å². The molecule has 0 aliphatic carbocycles. The average Bonchev–Trinajstić information content (AvgIpc) is 3.16. The van der Waals surface area contributed by atoms with Crippen LogP contribution in [0.2, 0.25) is 0 Å². The molecule has 1 aliphatic rings. The molecule has 0 fully saturated rings. The molecule has 7 heteroatoms. The van der Waals surface area contributed by atoms with Crippen molar-refractivity contribution in [2.45, 2.75) is 19.4 Å². The number of thiazole rings is 1. The average molecular weight is 400 g/mol. The molecule has 0 bridgehead atoms. The molecule has 4 aromatic heterocycles. The Balaban J connectivity index is 1.87. The number of hydrogen-bond acceptors (Lipinski definition) is 6. The van der Waals surface area contributed by atoms with Crippen LogP contribution >= 0.6 is 11.3 Å². The topological polar surface area (TPSA) is 77.7 Å². The van der Waals surface area contributed by atoms with E-state index in [2.05, 4.69) is 15.0 Å². The van der Waals surface area contributed by atoms with Gasteiger partial charge in [-0.25, -0.2) is 4.98 Å². The molecule has 0 N–H and O–H groups in total. The summed E-state index contributed by atoms with van der Waals surface area (Å²) < 4.78 is 1.83. The van der Waals surface area contributed by atoms with Gasteiger partial charge in [0.2, 0.25) is 0 Å². The Bertz CT molecular complexity index is 1280. The Morgan fingerprint density at radius 1 is 1.03 bits per heavy atom. The molecule has 0 spiro atoms. The Morgan fingerprint density at radius 3 is 2.66 bits per heavy atom. The monoisotopic (exact) mass is 400 g/mol. The van der Waals surface area contributed by atoms with Crippen LogP contribution in [-0.2, 0) is 13.0 Å². The number of fused-ring (bicyclic) bond motifs is 3. The third-order valence-electron chi connectivity index (χ3n) is 5.15. The van der Waals surface area contributed by atoms with Crippen LogP contribution in [0.4, 0.5) is 0 Å². The molecule has 5 heterocycles. The van der Waals surface area contributed by atoms with Crippen molar-refractivity contribution in [2.75, 3.05) is 0 Å². The lowest BCUT2D eigenvalue weighted by Gasteiger charge is -2.18. The summed E-state index contributed by atoms with van der Waals surface area (Å²) in [6.07, 6.45) is 9.57. The SMILES string of the molecule is O=Cc1csc(-c2cc(-c3ccncc3)c3n(c2=O)CCCc2ccncc2-3)n1. The van der Waals surface area contributed by atoms with Gasteiger partial charge in [0.1, 0.15) is 10.7 Å². The molecule has 5 rings (SSSR count). The number of rotatable bonds is 3. The van der Waals surface area contributed by atoms with Crippen LogP contribution in [0.1, 0.15) is 22.5 Å². The zero-order chi connectivity index (χ0) is 19.8. The zero-order valence-corrected chi connectivity index (χ0v) is 16.2. The zero-order valence-electron chi connectivity index (χ0n) is 15.4. The van der Waals surface area contributed by atoms with E-state index >= 15 is 0 Å². The molecule has 142 valence electrons. The van der Waals surface area contributed by atoms with Crippen LogP contribution in [0.5, 0.6) is 0 Å². The van der Waals surface area contributed by atoms with Gasteiger partial charge in [0, 0.05) is 47.8 Å². The smallest absolute Gasteiger partial charge is 0.261 e. The van der Waals surface area contributed by atoms with Crippen molar-refractivity contribution in [1.82, 2.24) is 19.5 Å². The highest BCUT2D eigenvalue weighted by Gasteiger charge is 2.23. The van der Waals surface area contributed by atoms with E-state index in [9.17, 15) is 9.59 Å². The lowest BCUT2D eigenvalue weighted by Crippen LogP contribution is -2.24. The van der Waals surface area contributed by atoms with Gasteiger partial charge in [-0.05, 0) is 48.2 Å². The number of pyridine rings is 3. The summed E-state index contributed by atoms with van der Waals surface area (Å²) in [4.78, 5) is 37.3. The first-order valence-electron chi connectivity index (χ1n) is 9.29. The van der Waals surface area contributed by atoms with Crippen LogP contribution in [0.3, 0.4) is 0 Å². The van der Waals surface area contributed by atoms with Crippen LogP contribution < -0.4 is 5.56 Å². The van der Waals surface area contributed by atoms with Crippen molar-refractivity contribution >= 4 is 17.6 Å². The van der Waals surface area contributed by atoms with E-state index in [1.54, 1.807) is 24.0 Å². The van der Waals surface area contributed by atoms with E-state index in [4.69, 9.17) is 0 Å². The molecule has 0 aromatic carbocycles. The second kappa shape index (κ2) is 7.18. The molecule has 29 heavy (non-hydrogen) atoms. The van der Waals surface area contributed by atoms with Crippen molar-refractivity contribution in [3.8, 4) is 33.0 Å². The van der Waals surface area contributed by atoms with Crippen molar-refractivity contribution < 1.29 is 4.79 Å². The van der Waals surface area contributed by atoms with Gasteiger partial charge in [-0.15, -0.1) is 11.3 Å². The van der Waals surface area contributed by atoms with E-state index in [-0.39, 0.29) is 5.56 Å². The maximum Gasteiger partial charge on any atom is 0.261 e. The highest BCUT2D eigenvalue weighted by Crippen LogP contribution is 2.37. The quantitative estimate of drug-likeness (QED) is 0.488. The Hall–Kier alpha value is -3.45. The van der Waals surface area contributed by atoms with E-state index in [1.165, 1.54) is 16.9 Å². The van der Waals surface area contributed by atoms with Gasteiger partial charge in [0.05, 0.1) is 11.3 Å². The summed E-state index contributed by atoms with van der Waals surface area (Å²) in [5, 5.41) is 2.22. The minimum Gasteiger partial charge on any atom is -0.307 e. The fraction of sp³-hybridized carbons (Fsp3) is 0.136. The third kappa shape index (κ3) is 3.00. The Kier molecular flexibility index (Phi) is 4.37. The fourth-order valence-electron chi connectivity index (χ4n) is 3.82. The minimum absolute atomic E-state index is 0.0960. The van der Waals surface area contributed by atoms with Crippen LogP contribution in [-0.4, -0.2) is 25.8 Å². The number of carbonyl (C=O) groups excluding carboxylic acids is 1. The molecule has 0 radical (unpaired) electrons. The molecule has 0 saturated heterocycles. The molecular weight excluding hydrogens is 384 g/mol. The summed E-state index contributed by atoms with van der Waals surface area (Å²) in [6, 6.07) is 7.78. The third-order valence-corrected chi connectivity index (χ3v) is 6.04. The van der Waals surface area contributed by atoms with E-state index in [1.807, 2.05) is 35.0 Å². The van der Waals surface area contributed by atoms with Gasteiger partial charge >= 0.3 is 0 Å². The normalized spacial score (nSPS) is 12.7. The number of aromatic nitrogens is 4. The summed E-state index contributed by atoms with van der Waals surface area (Å²) in [5.74, 6) is 0. The number of hydrogen-bond donors (Lipinski definition) is 0. The van der Waals surface area contributed by atoms with Gasteiger partial charge in [-0.1, -0.05) is 0 Å². The van der Waals surface area contributed by atoms with Gasteiger partial charge < -0.3 is 4.57 Å². The highest BCUT2D eigenvalue weighted by molar-refractivity contribution is 7.13. The number of aldehydes is 1. The summed E-state index contributed by atoms with van der Waals surface area (Å²) in [6.45, 7) is 0.612. The fourth-order valence-corrected chi connectivity index (χ4v) is 4.59. The first-order chi connectivity index (χ1) is 14.3. The largest absolute Gasteiger partial charge is 0.307 e. The van der Waals surface area contributed by atoms with E-state index < -0.39 is 0 Å². The van der Waals surface area contributed by atoms with Crippen LogP contribution in [0.15, 0.2) is 59.2 Å². The van der Waals surface area contributed by atoms with Crippen molar-refractivity contribution in [1.29, 1.82) is 0 Å². The van der Waals surface area contributed by atoms with E-state index in [0.29, 0.717) is 29.1 Å². The lowest BCUT2D eigenvalue weighted by atomic mass is 9.96. The Labute approximate surface area is 170 Å². The summed E-state index contributed by atoms with van der Waals surface area (Å²) >= 11 is 1.31.